The van der Waals surface area contributed by atoms with Crippen LogP contribution in [-0.2, 0) is 16.0 Å². The van der Waals surface area contributed by atoms with Crippen molar-refractivity contribution in [2.75, 3.05) is 10.2 Å². The number of nitrogens with one attached hydrogen (secondary N) is 1. The molecule has 1 atom stereocenters. The molecule has 0 bridgehead atoms. The smallest absolute Gasteiger partial charge is 0.256 e. The summed E-state index contributed by atoms with van der Waals surface area (Å²) in [7, 11) is 0. The zero-order chi connectivity index (χ0) is 16.4. The van der Waals surface area contributed by atoms with Gasteiger partial charge in [0.1, 0.15) is 11.9 Å². The van der Waals surface area contributed by atoms with Crippen LogP contribution in [0.25, 0.3) is 0 Å². The highest BCUT2D eigenvalue weighted by molar-refractivity contribution is 6.23. The summed E-state index contributed by atoms with van der Waals surface area (Å²) in [4.78, 5) is 25.9. The van der Waals surface area contributed by atoms with E-state index >= 15 is 0 Å². The van der Waals surface area contributed by atoms with Crippen LogP contribution in [0.15, 0.2) is 48.5 Å². The lowest BCUT2D eigenvalue weighted by Gasteiger charge is -2.16. The summed E-state index contributed by atoms with van der Waals surface area (Å²) in [6.45, 7) is 2.05. The molecule has 1 heterocycles. The predicted molar refractivity (Wildman–Crippen MR) is 86.7 cm³/mol. The third-order valence-electron chi connectivity index (χ3n) is 3.93. The summed E-state index contributed by atoms with van der Waals surface area (Å²) < 4.78 is 12.9. The first-order valence-corrected chi connectivity index (χ1v) is 7.56. The lowest BCUT2D eigenvalue weighted by Crippen LogP contribution is -2.34. The van der Waals surface area contributed by atoms with Gasteiger partial charge >= 0.3 is 0 Å². The first kappa shape index (κ1) is 15.2. The average molecular weight is 312 g/mol. The van der Waals surface area contributed by atoms with Crippen LogP contribution in [0.5, 0.6) is 0 Å². The number of imide groups is 1. The van der Waals surface area contributed by atoms with E-state index in [-0.39, 0.29) is 24.1 Å². The maximum atomic E-state index is 12.9. The molecule has 1 aliphatic heterocycles. The van der Waals surface area contributed by atoms with Gasteiger partial charge in [-0.25, -0.2) is 9.29 Å². The van der Waals surface area contributed by atoms with Gasteiger partial charge in [-0.3, -0.25) is 9.59 Å². The van der Waals surface area contributed by atoms with Crippen molar-refractivity contribution < 1.29 is 14.0 Å². The highest BCUT2D eigenvalue weighted by atomic mass is 19.1. The molecule has 3 rings (SSSR count). The fourth-order valence-electron chi connectivity index (χ4n) is 2.64. The Bertz CT molecular complexity index is 726. The minimum atomic E-state index is -0.626. The van der Waals surface area contributed by atoms with E-state index in [1.807, 2.05) is 19.1 Å². The van der Waals surface area contributed by atoms with Crippen molar-refractivity contribution in [3.63, 3.8) is 0 Å². The van der Waals surface area contributed by atoms with Crippen molar-refractivity contribution in [1.82, 2.24) is 0 Å². The van der Waals surface area contributed by atoms with Crippen LogP contribution in [0.2, 0.25) is 0 Å². The van der Waals surface area contributed by atoms with E-state index in [2.05, 4.69) is 5.32 Å². The maximum absolute atomic E-state index is 12.9. The Morgan fingerprint density at radius 2 is 1.74 bits per heavy atom. The number of nitrogens with zero attached hydrogens (tertiary/aromatic N) is 1. The van der Waals surface area contributed by atoms with Crippen LogP contribution in [0.3, 0.4) is 0 Å². The molecule has 2 amide bonds. The Kier molecular flexibility index (Phi) is 4.10. The molecule has 1 saturated heterocycles. The number of benzene rings is 2. The standard InChI is InChI=1S/C18H17FN2O2/c1-2-12-3-9-15(10-4-12)21-17(22)11-16(18(21)23)20-14-7-5-13(19)6-8-14/h3-10,16,20H,2,11H2,1H3/t16-/m1/s1. The van der Waals surface area contributed by atoms with E-state index in [0.717, 1.165) is 12.0 Å². The molecule has 2 aromatic carbocycles. The number of amides is 2. The van der Waals surface area contributed by atoms with Crippen molar-refractivity contribution in [2.24, 2.45) is 0 Å². The molecule has 1 N–H and O–H groups in total. The molecule has 0 spiro atoms. The quantitative estimate of drug-likeness (QED) is 0.882. The molecule has 0 radical (unpaired) electrons. The number of hydrogen-bond acceptors (Lipinski definition) is 3. The summed E-state index contributed by atoms with van der Waals surface area (Å²) >= 11 is 0. The zero-order valence-electron chi connectivity index (χ0n) is 12.8. The third-order valence-corrected chi connectivity index (χ3v) is 3.93. The van der Waals surface area contributed by atoms with E-state index in [0.29, 0.717) is 11.4 Å². The van der Waals surface area contributed by atoms with Crippen LogP contribution in [-0.4, -0.2) is 17.9 Å². The van der Waals surface area contributed by atoms with Crippen molar-refractivity contribution in [2.45, 2.75) is 25.8 Å². The molecule has 0 aliphatic carbocycles. The Morgan fingerprint density at radius 3 is 2.35 bits per heavy atom. The minimum absolute atomic E-state index is 0.0890. The number of carbonyl (C=O) groups is 2. The second kappa shape index (κ2) is 6.20. The summed E-state index contributed by atoms with van der Waals surface area (Å²) in [6.07, 6.45) is 0.989. The van der Waals surface area contributed by atoms with Gasteiger partial charge in [0.15, 0.2) is 0 Å². The molecule has 2 aromatic rings. The van der Waals surface area contributed by atoms with Crippen molar-refractivity contribution >= 4 is 23.2 Å². The number of rotatable bonds is 4. The van der Waals surface area contributed by atoms with Gasteiger partial charge in [0.2, 0.25) is 5.91 Å². The summed E-state index contributed by atoms with van der Waals surface area (Å²) in [5.41, 5.74) is 2.34. The molecule has 23 heavy (non-hydrogen) atoms. The van der Waals surface area contributed by atoms with E-state index in [1.54, 1.807) is 24.3 Å². The molecule has 0 aromatic heterocycles. The van der Waals surface area contributed by atoms with Gasteiger partial charge < -0.3 is 5.32 Å². The number of carbonyl (C=O) groups excluding carboxylic acids is 2. The van der Waals surface area contributed by atoms with Gasteiger partial charge in [0.05, 0.1) is 12.1 Å². The van der Waals surface area contributed by atoms with Gasteiger partial charge in [-0.1, -0.05) is 19.1 Å². The summed E-state index contributed by atoms with van der Waals surface area (Å²) in [5, 5.41) is 2.99. The van der Waals surface area contributed by atoms with Crippen LogP contribution in [0.4, 0.5) is 15.8 Å². The molecular formula is C18H17FN2O2. The Hall–Kier alpha value is -2.69. The first-order valence-electron chi connectivity index (χ1n) is 7.56. The molecule has 1 aliphatic rings. The normalized spacial score (nSPS) is 17.7. The third kappa shape index (κ3) is 3.08. The van der Waals surface area contributed by atoms with Gasteiger partial charge in [0, 0.05) is 5.69 Å². The maximum Gasteiger partial charge on any atom is 0.256 e. The van der Waals surface area contributed by atoms with Crippen LogP contribution >= 0.6 is 0 Å². The Morgan fingerprint density at radius 1 is 1.09 bits per heavy atom. The van der Waals surface area contributed by atoms with Gasteiger partial charge in [-0.05, 0) is 48.4 Å². The van der Waals surface area contributed by atoms with E-state index in [4.69, 9.17) is 0 Å². The molecule has 0 unspecified atom stereocenters. The van der Waals surface area contributed by atoms with E-state index in [9.17, 15) is 14.0 Å². The summed E-state index contributed by atoms with van der Waals surface area (Å²) in [6, 6.07) is 12.5. The molecule has 118 valence electrons. The molecular weight excluding hydrogens is 295 g/mol. The molecule has 5 heteroatoms. The second-order valence-corrected chi connectivity index (χ2v) is 5.50. The Labute approximate surface area is 133 Å². The number of aryl methyl sites for hydroxylation is 1. The summed E-state index contributed by atoms with van der Waals surface area (Å²) in [5.74, 6) is -0.871. The lowest BCUT2D eigenvalue weighted by atomic mass is 10.1. The molecule has 4 nitrogen and oxygen atoms in total. The van der Waals surface area contributed by atoms with Crippen LogP contribution in [0, 0.1) is 5.82 Å². The zero-order valence-corrected chi connectivity index (χ0v) is 12.8. The topological polar surface area (TPSA) is 49.4 Å². The fraction of sp³-hybridized carbons (Fsp3) is 0.222. The monoisotopic (exact) mass is 312 g/mol. The average Bonchev–Trinajstić information content (AvgIpc) is 2.84. The van der Waals surface area contributed by atoms with E-state index in [1.165, 1.54) is 17.0 Å². The number of hydrogen-bond donors (Lipinski definition) is 1. The van der Waals surface area contributed by atoms with Gasteiger partial charge in [-0.15, -0.1) is 0 Å². The van der Waals surface area contributed by atoms with Crippen LogP contribution < -0.4 is 10.2 Å². The SMILES string of the molecule is CCc1ccc(N2C(=O)C[C@@H](Nc3ccc(F)cc3)C2=O)cc1. The largest absolute Gasteiger partial charge is 0.373 e. The highest BCUT2D eigenvalue weighted by Gasteiger charge is 2.39. The van der Waals surface area contributed by atoms with Crippen LogP contribution in [0.1, 0.15) is 18.9 Å². The van der Waals surface area contributed by atoms with Gasteiger partial charge in [-0.2, -0.15) is 0 Å². The molecule has 0 saturated carbocycles. The van der Waals surface area contributed by atoms with Crippen molar-refractivity contribution in [3.05, 3.63) is 59.9 Å². The Balaban J connectivity index is 1.77. The number of halogens is 1. The second-order valence-electron chi connectivity index (χ2n) is 5.50. The van der Waals surface area contributed by atoms with E-state index < -0.39 is 6.04 Å². The van der Waals surface area contributed by atoms with Crippen molar-refractivity contribution in [3.8, 4) is 0 Å². The highest BCUT2D eigenvalue weighted by Crippen LogP contribution is 2.25. The number of anilines is 2. The lowest BCUT2D eigenvalue weighted by molar-refractivity contribution is -0.121. The minimum Gasteiger partial charge on any atom is -0.373 e. The fourth-order valence-corrected chi connectivity index (χ4v) is 2.64. The van der Waals surface area contributed by atoms with Crippen molar-refractivity contribution in [1.29, 1.82) is 0 Å². The van der Waals surface area contributed by atoms with Gasteiger partial charge in [0.25, 0.3) is 5.91 Å². The first-order chi connectivity index (χ1) is 11.1. The predicted octanol–water partition coefficient (Wildman–Crippen LogP) is 3.13. The molecule has 1 fully saturated rings.